The molecule has 2 rings (SSSR count). The van der Waals surface area contributed by atoms with E-state index in [1.165, 1.54) is 4.90 Å². The number of hydrogen-bond acceptors (Lipinski definition) is 4. The molecule has 0 bridgehead atoms. The Morgan fingerprint density at radius 2 is 1.81 bits per heavy atom. The molecule has 7 nitrogen and oxygen atoms in total. The summed E-state index contributed by atoms with van der Waals surface area (Å²) in [5.74, 6) is 1.68. The van der Waals surface area contributed by atoms with Crippen LogP contribution in [-0.4, -0.2) is 41.0 Å². The second-order valence-electron chi connectivity index (χ2n) is 9.45. The molecule has 0 aliphatic carbocycles. The van der Waals surface area contributed by atoms with E-state index in [1.54, 1.807) is 64.1 Å². The van der Waals surface area contributed by atoms with Crippen LogP contribution in [-0.2, 0) is 14.3 Å². The van der Waals surface area contributed by atoms with Crippen LogP contribution < -0.4 is 10.6 Å². The van der Waals surface area contributed by atoms with Crippen molar-refractivity contribution < 1.29 is 19.1 Å². The average molecular weight is 512 g/mol. The molecule has 0 aromatic heterocycles. The Balaban J connectivity index is 2.50. The van der Waals surface area contributed by atoms with Crippen molar-refractivity contribution in [1.82, 2.24) is 10.2 Å². The van der Waals surface area contributed by atoms with E-state index < -0.39 is 35.6 Å². The van der Waals surface area contributed by atoms with Crippen molar-refractivity contribution >= 4 is 35.2 Å². The van der Waals surface area contributed by atoms with Gasteiger partial charge in [-0.05, 0) is 64.3 Å². The van der Waals surface area contributed by atoms with E-state index >= 15 is 0 Å². The van der Waals surface area contributed by atoms with Gasteiger partial charge in [0.05, 0.1) is 10.7 Å². The van der Waals surface area contributed by atoms with Gasteiger partial charge in [-0.3, -0.25) is 9.59 Å². The van der Waals surface area contributed by atoms with Gasteiger partial charge in [0.2, 0.25) is 5.91 Å². The highest BCUT2D eigenvalue weighted by Crippen LogP contribution is 2.30. The van der Waals surface area contributed by atoms with E-state index in [1.807, 2.05) is 19.9 Å². The summed E-state index contributed by atoms with van der Waals surface area (Å²) >= 11 is 6.36. The second-order valence-corrected chi connectivity index (χ2v) is 9.86. The quantitative estimate of drug-likeness (QED) is 0.460. The molecule has 2 N–H and O–H groups in total. The minimum atomic E-state index is -1.07. The van der Waals surface area contributed by atoms with Gasteiger partial charge in [-0.25, -0.2) is 4.79 Å². The van der Waals surface area contributed by atoms with Crippen LogP contribution in [0.4, 0.5) is 10.5 Å². The highest BCUT2D eigenvalue weighted by atomic mass is 35.5. The van der Waals surface area contributed by atoms with Crippen molar-refractivity contribution in [3.8, 4) is 12.3 Å². The number of nitrogens with one attached hydrogen (secondary N) is 2. The van der Waals surface area contributed by atoms with Crippen molar-refractivity contribution in [2.75, 3.05) is 11.9 Å². The average Bonchev–Trinajstić information content (AvgIpc) is 2.79. The number of halogens is 1. The molecule has 36 heavy (non-hydrogen) atoms. The minimum absolute atomic E-state index is 0.248. The maximum atomic E-state index is 13.8. The van der Waals surface area contributed by atoms with Crippen molar-refractivity contribution in [3.05, 3.63) is 64.2 Å². The molecule has 0 aliphatic rings. The number of amides is 3. The number of rotatable bonds is 8. The lowest BCUT2D eigenvalue weighted by atomic mass is 9.97. The zero-order chi connectivity index (χ0) is 27.0. The Hall–Kier alpha value is -3.50. The molecule has 3 amide bonds. The van der Waals surface area contributed by atoms with Gasteiger partial charge in [0.25, 0.3) is 5.91 Å². The molecule has 2 aromatic carbocycles. The summed E-state index contributed by atoms with van der Waals surface area (Å²) in [7, 11) is 0. The number of benzene rings is 2. The largest absolute Gasteiger partial charge is 0.444 e. The Morgan fingerprint density at radius 3 is 2.39 bits per heavy atom. The van der Waals surface area contributed by atoms with Crippen LogP contribution in [0.1, 0.15) is 63.8 Å². The summed E-state index contributed by atoms with van der Waals surface area (Å²) in [5.41, 5.74) is 1.48. The van der Waals surface area contributed by atoms with Crippen molar-refractivity contribution in [1.29, 1.82) is 0 Å². The third-order valence-corrected chi connectivity index (χ3v) is 5.61. The summed E-state index contributed by atoms with van der Waals surface area (Å²) in [4.78, 5) is 41.2. The fourth-order valence-electron chi connectivity index (χ4n) is 3.70. The lowest BCUT2D eigenvalue weighted by Crippen LogP contribution is -2.51. The third kappa shape index (κ3) is 7.50. The van der Waals surface area contributed by atoms with Crippen LogP contribution in [0, 0.1) is 19.3 Å². The topological polar surface area (TPSA) is 87.7 Å². The van der Waals surface area contributed by atoms with E-state index in [9.17, 15) is 14.4 Å². The predicted octanol–water partition coefficient (Wildman–Crippen LogP) is 5.46. The minimum Gasteiger partial charge on any atom is -0.444 e. The molecule has 2 atom stereocenters. The first kappa shape index (κ1) is 28.7. The molecule has 0 saturated carbocycles. The molecule has 0 fully saturated rings. The van der Waals surface area contributed by atoms with Crippen LogP contribution >= 0.6 is 11.6 Å². The molecule has 0 aliphatic heterocycles. The van der Waals surface area contributed by atoms with E-state index in [2.05, 4.69) is 16.6 Å². The van der Waals surface area contributed by atoms with Crippen LogP contribution in [0.5, 0.6) is 0 Å². The number of aryl methyl sites for hydroxylation is 1. The Kier molecular flexibility index (Phi) is 9.94. The maximum Gasteiger partial charge on any atom is 0.408 e. The number of alkyl carbamates (subject to hydrolysis) is 1. The Labute approximate surface area is 218 Å². The summed E-state index contributed by atoms with van der Waals surface area (Å²) in [6.45, 7) is 10.7. The number of anilines is 1. The van der Waals surface area contributed by atoms with Crippen molar-refractivity contribution in [2.45, 2.75) is 65.6 Å². The van der Waals surface area contributed by atoms with Gasteiger partial charge in [0.1, 0.15) is 17.7 Å². The number of ether oxygens (including phenoxy) is 1. The lowest BCUT2D eigenvalue weighted by Gasteiger charge is -2.34. The highest BCUT2D eigenvalue weighted by molar-refractivity contribution is 6.34. The lowest BCUT2D eigenvalue weighted by molar-refractivity contribution is -0.140. The molecule has 0 saturated heterocycles. The Bertz CT molecular complexity index is 1130. The number of nitrogens with zero attached hydrogens (tertiary/aromatic N) is 1. The van der Waals surface area contributed by atoms with Crippen LogP contribution in [0.25, 0.3) is 0 Å². The first-order chi connectivity index (χ1) is 16.9. The monoisotopic (exact) mass is 511 g/mol. The van der Waals surface area contributed by atoms with Crippen LogP contribution in [0.3, 0.4) is 0 Å². The summed E-state index contributed by atoms with van der Waals surface area (Å²) in [6, 6.07) is 10.2. The fourth-order valence-corrected chi connectivity index (χ4v) is 3.97. The second kappa shape index (κ2) is 12.5. The van der Waals surface area contributed by atoms with Gasteiger partial charge >= 0.3 is 6.09 Å². The van der Waals surface area contributed by atoms with Crippen LogP contribution in [0.15, 0.2) is 42.5 Å². The first-order valence-electron chi connectivity index (χ1n) is 11.8. The summed E-state index contributed by atoms with van der Waals surface area (Å²) < 4.78 is 5.29. The van der Waals surface area contributed by atoms with E-state index in [0.717, 1.165) is 5.56 Å². The summed E-state index contributed by atoms with van der Waals surface area (Å²) in [6.07, 6.45) is 5.59. The van der Waals surface area contributed by atoms with E-state index in [4.69, 9.17) is 22.8 Å². The van der Waals surface area contributed by atoms with Gasteiger partial charge in [0.15, 0.2) is 0 Å². The molecule has 0 heterocycles. The molecule has 2 aromatic rings. The first-order valence-corrected chi connectivity index (χ1v) is 12.2. The van der Waals surface area contributed by atoms with Gasteiger partial charge < -0.3 is 20.3 Å². The normalized spacial score (nSPS) is 12.6. The van der Waals surface area contributed by atoms with E-state index in [0.29, 0.717) is 28.3 Å². The zero-order valence-corrected chi connectivity index (χ0v) is 22.4. The molecular weight excluding hydrogens is 478 g/mol. The fraction of sp³-hybridized carbons (Fsp3) is 0.393. The third-order valence-electron chi connectivity index (χ3n) is 5.29. The smallest absolute Gasteiger partial charge is 0.408 e. The predicted molar refractivity (Wildman–Crippen MR) is 143 cm³/mol. The van der Waals surface area contributed by atoms with Crippen LogP contribution in [0.2, 0.25) is 5.02 Å². The van der Waals surface area contributed by atoms with Gasteiger partial charge in [0, 0.05) is 12.1 Å². The molecule has 192 valence electrons. The number of carbonyl (C=O) groups excluding carboxylic acids is 3. The van der Waals surface area contributed by atoms with Gasteiger partial charge in [-0.15, -0.1) is 6.42 Å². The molecular formula is C28H34ClN3O4. The standard InChI is InChI=1S/C28H34ClN3O4/c1-8-17-32(26(34)19(4)30-27(35)36-28(5,6)7)24(21-15-11-10-14-20(21)9-2)25(33)31-23-18(3)13-12-16-22(23)29/h2,10-16,19,24H,8,17H2,1,3-7H3,(H,30,35)(H,31,33). The number of hydrogen-bond donors (Lipinski definition) is 2. The van der Waals surface area contributed by atoms with Gasteiger partial charge in [-0.2, -0.15) is 0 Å². The number of para-hydroxylation sites is 1. The number of terminal acetylenes is 1. The summed E-state index contributed by atoms with van der Waals surface area (Å²) in [5, 5.41) is 5.83. The maximum absolute atomic E-state index is 13.8. The van der Waals surface area contributed by atoms with Crippen molar-refractivity contribution in [3.63, 3.8) is 0 Å². The molecule has 0 spiro atoms. The van der Waals surface area contributed by atoms with E-state index in [-0.39, 0.29) is 6.54 Å². The van der Waals surface area contributed by atoms with Gasteiger partial charge in [-0.1, -0.05) is 54.8 Å². The zero-order valence-electron chi connectivity index (χ0n) is 21.6. The SMILES string of the molecule is C#Cc1ccccc1C(C(=O)Nc1c(C)cccc1Cl)N(CCC)C(=O)C(C)NC(=O)OC(C)(C)C. The van der Waals surface area contributed by atoms with Crippen molar-refractivity contribution in [2.24, 2.45) is 0 Å². The molecule has 8 heteroatoms. The number of carbonyl (C=O) groups is 3. The highest BCUT2D eigenvalue weighted by Gasteiger charge is 2.35. The Morgan fingerprint density at radius 1 is 1.14 bits per heavy atom. The molecule has 0 radical (unpaired) electrons. The molecule has 2 unspecified atom stereocenters.